The molecule has 1 aliphatic carbocycles. The largest absolute Gasteiger partial charge is 0.438 e. The number of amides is 1. The summed E-state index contributed by atoms with van der Waals surface area (Å²) in [6.45, 7) is 1.88. The first-order chi connectivity index (χ1) is 11.1. The topological polar surface area (TPSA) is 81.2 Å². The summed E-state index contributed by atoms with van der Waals surface area (Å²) in [5.41, 5.74) is 7.00. The van der Waals surface area contributed by atoms with Crippen LogP contribution in [0.5, 0.6) is 0 Å². The summed E-state index contributed by atoms with van der Waals surface area (Å²) in [6.07, 6.45) is 5.36. The quantitative estimate of drug-likeness (QED) is 0.889. The van der Waals surface area contributed by atoms with Crippen LogP contribution in [0.25, 0.3) is 11.3 Å². The molecule has 1 aromatic carbocycles. The summed E-state index contributed by atoms with van der Waals surface area (Å²) in [6, 6.07) is 9.70. The van der Waals surface area contributed by atoms with E-state index in [1.165, 1.54) is 0 Å². The number of oxazole rings is 1. The highest BCUT2D eigenvalue weighted by atomic mass is 16.4. The standard InChI is InChI=1S/C18H23N3O2/c1-12(21-17(22)10-14-8-5-9-15(14)19)18-20-11-16(23-18)13-6-3-2-4-7-13/h2-4,6-7,11-12,14-15H,5,8-10,19H2,1H3,(H,21,22)/t12?,14-,15+/m0/s1. The Bertz CT molecular complexity index is 653. The van der Waals surface area contributed by atoms with E-state index in [1.807, 2.05) is 37.3 Å². The third-order valence-electron chi connectivity index (χ3n) is 4.50. The summed E-state index contributed by atoms with van der Waals surface area (Å²) in [5, 5.41) is 2.96. The Kier molecular flexibility index (Phi) is 4.76. The molecule has 2 aromatic rings. The van der Waals surface area contributed by atoms with Crippen molar-refractivity contribution in [1.82, 2.24) is 10.3 Å². The van der Waals surface area contributed by atoms with Gasteiger partial charge in [0.2, 0.25) is 11.8 Å². The number of carbonyl (C=O) groups is 1. The highest BCUT2D eigenvalue weighted by molar-refractivity contribution is 5.76. The molecule has 0 saturated heterocycles. The third kappa shape index (κ3) is 3.79. The molecule has 0 radical (unpaired) electrons. The molecule has 1 amide bonds. The zero-order chi connectivity index (χ0) is 16.2. The van der Waals surface area contributed by atoms with E-state index >= 15 is 0 Å². The molecule has 0 spiro atoms. The van der Waals surface area contributed by atoms with Gasteiger partial charge in [-0.3, -0.25) is 4.79 Å². The van der Waals surface area contributed by atoms with Gasteiger partial charge in [0.25, 0.3) is 0 Å². The number of nitrogens with one attached hydrogen (secondary N) is 1. The Morgan fingerprint density at radius 3 is 2.87 bits per heavy atom. The number of aromatic nitrogens is 1. The van der Waals surface area contributed by atoms with Crippen molar-refractivity contribution in [1.29, 1.82) is 0 Å². The molecular formula is C18H23N3O2. The van der Waals surface area contributed by atoms with Crippen molar-refractivity contribution >= 4 is 5.91 Å². The monoisotopic (exact) mass is 313 g/mol. The Balaban J connectivity index is 1.59. The number of hydrogen-bond donors (Lipinski definition) is 2. The van der Waals surface area contributed by atoms with Crippen LogP contribution in [0, 0.1) is 5.92 Å². The van der Waals surface area contributed by atoms with Gasteiger partial charge >= 0.3 is 0 Å². The predicted molar refractivity (Wildman–Crippen MR) is 88.4 cm³/mol. The van der Waals surface area contributed by atoms with Crippen molar-refractivity contribution in [3.8, 4) is 11.3 Å². The Morgan fingerprint density at radius 1 is 1.39 bits per heavy atom. The van der Waals surface area contributed by atoms with Crippen LogP contribution < -0.4 is 11.1 Å². The summed E-state index contributed by atoms with van der Waals surface area (Å²) < 4.78 is 5.77. The van der Waals surface area contributed by atoms with Gasteiger partial charge < -0.3 is 15.5 Å². The molecule has 1 heterocycles. The molecule has 3 atom stereocenters. The van der Waals surface area contributed by atoms with Crippen LogP contribution in [0.1, 0.15) is 44.5 Å². The number of rotatable bonds is 5. The molecule has 23 heavy (non-hydrogen) atoms. The molecule has 1 saturated carbocycles. The van der Waals surface area contributed by atoms with E-state index in [1.54, 1.807) is 6.20 Å². The van der Waals surface area contributed by atoms with Crippen LogP contribution in [0.15, 0.2) is 40.9 Å². The number of hydrogen-bond acceptors (Lipinski definition) is 4. The second-order valence-electron chi connectivity index (χ2n) is 6.28. The molecule has 1 aromatic heterocycles. The average molecular weight is 313 g/mol. The maximum Gasteiger partial charge on any atom is 0.220 e. The van der Waals surface area contributed by atoms with E-state index in [9.17, 15) is 4.79 Å². The van der Waals surface area contributed by atoms with Gasteiger partial charge in [0.15, 0.2) is 5.76 Å². The molecule has 0 aliphatic heterocycles. The van der Waals surface area contributed by atoms with Crippen molar-refractivity contribution in [2.24, 2.45) is 11.7 Å². The number of benzene rings is 1. The van der Waals surface area contributed by atoms with Crippen LogP contribution >= 0.6 is 0 Å². The van der Waals surface area contributed by atoms with Gasteiger partial charge in [-0.25, -0.2) is 4.98 Å². The van der Waals surface area contributed by atoms with Crippen LogP contribution in [-0.2, 0) is 4.79 Å². The van der Waals surface area contributed by atoms with E-state index in [0.29, 0.717) is 24.0 Å². The smallest absolute Gasteiger partial charge is 0.220 e. The van der Waals surface area contributed by atoms with Gasteiger partial charge in [0.05, 0.1) is 6.20 Å². The predicted octanol–water partition coefficient (Wildman–Crippen LogP) is 3.04. The fourth-order valence-electron chi connectivity index (χ4n) is 3.14. The summed E-state index contributed by atoms with van der Waals surface area (Å²) >= 11 is 0. The number of carbonyl (C=O) groups excluding carboxylic acids is 1. The molecule has 3 N–H and O–H groups in total. The van der Waals surface area contributed by atoms with E-state index in [2.05, 4.69) is 10.3 Å². The van der Waals surface area contributed by atoms with Gasteiger partial charge in [-0.05, 0) is 25.7 Å². The molecule has 5 nitrogen and oxygen atoms in total. The van der Waals surface area contributed by atoms with Gasteiger partial charge in [0, 0.05) is 18.0 Å². The number of nitrogens with zero attached hydrogens (tertiary/aromatic N) is 1. The summed E-state index contributed by atoms with van der Waals surface area (Å²) in [7, 11) is 0. The van der Waals surface area contributed by atoms with Crippen molar-refractivity contribution in [2.75, 3.05) is 0 Å². The second kappa shape index (κ2) is 6.96. The lowest BCUT2D eigenvalue weighted by Crippen LogP contribution is -2.33. The fraction of sp³-hybridized carbons (Fsp3) is 0.444. The van der Waals surface area contributed by atoms with E-state index in [0.717, 1.165) is 24.8 Å². The van der Waals surface area contributed by atoms with Gasteiger partial charge in [0.1, 0.15) is 6.04 Å². The van der Waals surface area contributed by atoms with Crippen molar-refractivity contribution < 1.29 is 9.21 Å². The van der Waals surface area contributed by atoms with E-state index in [-0.39, 0.29) is 18.0 Å². The Morgan fingerprint density at radius 2 is 2.17 bits per heavy atom. The zero-order valence-electron chi connectivity index (χ0n) is 13.4. The van der Waals surface area contributed by atoms with Crippen LogP contribution in [-0.4, -0.2) is 16.9 Å². The Labute approximate surface area is 136 Å². The third-order valence-corrected chi connectivity index (χ3v) is 4.50. The first-order valence-corrected chi connectivity index (χ1v) is 8.19. The maximum absolute atomic E-state index is 12.2. The van der Waals surface area contributed by atoms with Crippen molar-refractivity contribution in [3.05, 3.63) is 42.4 Å². The van der Waals surface area contributed by atoms with Gasteiger partial charge in [-0.1, -0.05) is 36.8 Å². The second-order valence-corrected chi connectivity index (χ2v) is 6.28. The molecule has 3 rings (SSSR count). The minimum absolute atomic E-state index is 0.0133. The minimum Gasteiger partial charge on any atom is -0.438 e. The van der Waals surface area contributed by atoms with Crippen LogP contribution in [0.2, 0.25) is 0 Å². The average Bonchev–Trinajstić information content (AvgIpc) is 3.18. The van der Waals surface area contributed by atoms with Crippen LogP contribution in [0.4, 0.5) is 0 Å². The van der Waals surface area contributed by atoms with Gasteiger partial charge in [-0.15, -0.1) is 0 Å². The molecule has 122 valence electrons. The fourth-order valence-corrected chi connectivity index (χ4v) is 3.14. The lowest BCUT2D eigenvalue weighted by molar-refractivity contribution is -0.122. The van der Waals surface area contributed by atoms with E-state index < -0.39 is 0 Å². The first-order valence-electron chi connectivity index (χ1n) is 8.19. The van der Waals surface area contributed by atoms with Crippen molar-refractivity contribution in [3.63, 3.8) is 0 Å². The Hall–Kier alpha value is -2.14. The van der Waals surface area contributed by atoms with Crippen LogP contribution in [0.3, 0.4) is 0 Å². The summed E-state index contributed by atoms with van der Waals surface area (Å²) in [4.78, 5) is 16.5. The lowest BCUT2D eigenvalue weighted by atomic mass is 10.00. The molecule has 1 aliphatic rings. The highest BCUT2D eigenvalue weighted by Gasteiger charge is 2.27. The van der Waals surface area contributed by atoms with Crippen molar-refractivity contribution in [2.45, 2.75) is 44.7 Å². The minimum atomic E-state index is -0.252. The lowest BCUT2D eigenvalue weighted by Gasteiger charge is -2.16. The summed E-state index contributed by atoms with van der Waals surface area (Å²) in [5.74, 6) is 1.54. The highest BCUT2D eigenvalue weighted by Crippen LogP contribution is 2.27. The molecule has 0 bridgehead atoms. The van der Waals surface area contributed by atoms with Gasteiger partial charge in [-0.2, -0.15) is 0 Å². The van der Waals surface area contributed by atoms with E-state index in [4.69, 9.17) is 10.2 Å². The molecule has 5 heteroatoms. The zero-order valence-corrected chi connectivity index (χ0v) is 13.4. The molecular weight excluding hydrogens is 290 g/mol. The molecule has 1 unspecified atom stereocenters. The normalized spacial score (nSPS) is 22.0. The first kappa shape index (κ1) is 15.7. The SMILES string of the molecule is CC(NC(=O)C[C@@H]1CCC[C@H]1N)c1ncc(-c2ccccc2)o1. The molecule has 1 fully saturated rings. The number of nitrogens with two attached hydrogens (primary N) is 1. The maximum atomic E-state index is 12.2.